The summed E-state index contributed by atoms with van der Waals surface area (Å²) in [6.07, 6.45) is 4.31. The number of likely N-dealkylation sites (tertiary alicyclic amines) is 1. The third kappa shape index (κ3) is 2.98. The van der Waals surface area contributed by atoms with Gasteiger partial charge in [-0.3, -0.25) is 14.5 Å². The van der Waals surface area contributed by atoms with E-state index in [-0.39, 0.29) is 23.9 Å². The molecule has 2 aliphatic heterocycles. The molecule has 2 aromatic heterocycles. The van der Waals surface area contributed by atoms with Gasteiger partial charge in [-0.1, -0.05) is 0 Å². The fourth-order valence-electron chi connectivity index (χ4n) is 4.01. The number of rotatable bonds is 3. The largest absolute Gasteiger partial charge is 0.472 e. The van der Waals surface area contributed by atoms with Gasteiger partial charge in [-0.25, -0.2) is 0 Å². The van der Waals surface area contributed by atoms with Gasteiger partial charge in [0.15, 0.2) is 0 Å². The minimum atomic E-state index is -0.314. The van der Waals surface area contributed by atoms with Crippen LogP contribution < -0.4 is 4.90 Å². The molecule has 0 radical (unpaired) electrons. The number of piperazine rings is 1. The highest BCUT2D eigenvalue weighted by molar-refractivity contribution is 7.08. The molecule has 0 saturated carbocycles. The summed E-state index contributed by atoms with van der Waals surface area (Å²) in [6.45, 7) is 4.76. The first-order chi connectivity index (χ1) is 12.1. The van der Waals surface area contributed by atoms with Crippen LogP contribution in [0, 0.1) is 0 Å². The van der Waals surface area contributed by atoms with Crippen LogP contribution in [0.3, 0.4) is 0 Å². The lowest BCUT2D eigenvalue weighted by atomic mass is 9.92. The topological polar surface area (TPSA) is 57.0 Å². The molecule has 0 N–H and O–H groups in total. The second kappa shape index (κ2) is 6.31. The lowest BCUT2D eigenvalue weighted by Crippen LogP contribution is -2.66. The third-order valence-corrected chi connectivity index (χ3v) is 5.89. The standard InChI is InChI=1S/C18H21N3O3S/c1-14(22)21-9-17(23)20(16-3-7-25-11-16)13-18(21)4-5-19(12-18)8-15-2-6-24-10-15/h2-3,6-7,10-11H,4-5,8-9,12-13H2,1H3/t18-/m1/s1. The molecule has 1 atom stereocenters. The predicted molar refractivity (Wildman–Crippen MR) is 95.4 cm³/mol. The molecule has 0 unspecified atom stereocenters. The highest BCUT2D eigenvalue weighted by atomic mass is 32.1. The Balaban J connectivity index is 1.58. The second-order valence-electron chi connectivity index (χ2n) is 6.88. The van der Waals surface area contributed by atoms with Crippen molar-refractivity contribution in [1.82, 2.24) is 9.80 Å². The van der Waals surface area contributed by atoms with E-state index in [1.807, 2.05) is 27.8 Å². The van der Waals surface area contributed by atoms with Gasteiger partial charge in [0.2, 0.25) is 11.8 Å². The van der Waals surface area contributed by atoms with E-state index in [0.717, 1.165) is 37.3 Å². The van der Waals surface area contributed by atoms with Gasteiger partial charge >= 0.3 is 0 Å². The maximum Gasteiger partial charge on any atom is 0.246 e. The van der Waals surface area contributed by atoms with Crippen LogP contribution in [0.4, 0.5) is 5.69 Å². The molecule has 0 bridgehead atoms. The summed E-state index contributed by atoms with van der Waals surface area (Å²) in [6, 6.07) is 3.94. The summed E-state index contributed by atoms with van der Waals surface area (Å²) >= 11 is 1.58. The molecule has 2 saturated heterocycles. The van der Waals surface area contributed by atoms with Gasteiger partial charge in [0.25, 0.3) is 0 Å². The number of furan rings is 1. The first-order valence-electron chi connectivity index (χ1n) is 8.42. The normalized spacial score (nSPS) is 24.4. The van der Waals surface area contributed by atoms with Gasteiger partial charge in [-0.05, 0) is 23.9 Å². The van der Waals surface area contributed by atoms with Crippen LogP contribution in [-0.2, 0) is 16.1 Å². The van der Waals surface area contributed by atoms with Gasteiger partial charge in [0.1, 0.15) is 6.54 Å². The van der Waals surface area contributed by atoms with Gasteiger partial charge < -0.3 is 14.2 Å². The van der Waals surface area contributed by atoms with Crippen LogP contribution in [0.1, 0.15) is 18.9 Å². The number of carbonyl (C=O) groups is 2. The van der Waals surface area contributed by atoms with Crippen LogP contribution in [0.15, 0.2) is 39.8 Å². The first-order valence-corrected chi connectivity index (χ1v) is 9.36. The molecule has 2 aromatic rings. The van der Waals surface area contributed by atoms with E-state index in [4.69, 9.17) is 4.42 Å². The highest BCUT2D eigenvalue weighted by Gasteiger charge is 2.50. The molecule has 25 heavy (non-hydrogen) atoms. The van der Waals surface area contributed by atoms with E-state index in [0.29, 0.717) is 6.54 Å². The van der Waals surface area contributed by atoms with Crippen molar-refractivity contribution in [2.45, 2.75) is 25.4 Å². The lowest BCUT2D eigenvalue weighted by Gasteiger charge is -2.48. The SMILES string of the molecule is CC(=O)N1CC(=O)N(c2ccsc2)C[C@]12CCN(Cc1ccoc1)C2. The molecule has 4 heterocycles. The van der Waals surface area contributed by atoms with Crippen LogP contribution in [-0.4, -0.2) is 53.3 Å². The van der Waals surface area contributed by atoms with Crippen molar-refractivity contribution in [1.29, 1.82) is 0 Å². The Labute approximate surface area is 150 Å². The molecule has 0 aromatic carbocycles. The monoisotopic (exact) mass is 359 g/mol. The van der Waals surface area contributed by atoms with Gasteiger partial charge in [-0.15, -0.1) is 0 Å². The maximum absolute atomic E-state index is 12.6. The maximum atomic E-state index is 12.6. The summed E-state index contributed by atoms with van der Waals surface area (Å²) in [5.41, 5.74) is 1.75. The predicted octanol–water partition coefficient (Wildman–Crippen LogP) is 2.18. The molecule has 1 spiro atoms. The summed E-state index contributed by atoms with van der Waals surface area (Å²) in [5.74, 6) is -0.0315. The summed E-state index contributed by atoms with van der Waals surface area (Å²) < 4.78 is 5.16. The highest BCUT2D eigenvalue weighted by Crippen LogP contribution is 2.35. The van der Waals surface area contributed by atoms with Crippen molar-refractivity contribution < 1.29 is 14.0 Å². The Morgan fingerprint density at radius 2 is 2.24 bits per heavy atom. The Bertz CT molecular complexity index is 759. The molecule has 4 rings (SSSR count). The Kier molecular flexibility index (Phi) is 4.13. The molecular weight excluding hydrogens is 338 g/mol. The first kappa shape index (κ1) is 16.4. The number of hydrogen-bond donors (Lipinski definition) is 0. The van der Waals surface area contributed by atoms with Crippen molar-refractivity contribution >= 4 is 28.8 Å². The van der Waals surface area contributed by atoms with Crippen LogP contribution in [0.2, 0.25) is 0 Å². The average Bonchev–Trinajstić information content (AvgIpc) is 3.33. The summed E-state index contributed by atoms with van der Waals surface area (Å²) in [5, 5.41) is 3.97. The molecule has 7 heteroatoms. The minimum Gasteiger partial charge on any atom is -0.472 e. The fourth-order valence-corrected chi connectivity index (χ4v) is 4.66. The zero-order valence-electron chi connectivity index (χ0n) is 14.2. The lowest BCUT2D eigenvalue weighted by molar-refractivity contribution is -0.142. The number of nitrogens with zero attached hydrogens (tertiary/aromatic N) is 3. The Morgan fingerprint density at radius 3 is 2.92 bits per heavy atom. The number of thiophene rings is 1. The third-order valence-electron chi connectivity index (χ3n) is 5.21. The Morgan fingerprint density at radius 1 is 1.36 bits per heavy atom. The molecule has 2 fully saturated rings. The van der Waals surface area contributed by atoms with Gasteiger partial charge in [0.05, 0.1) is 30.3 Å². The fraction of sp³-hybridized carbons (Fsp3) is 0.444. The van der Waals surface area contributed by atoms with E-state index in [1.165, 1.54) is 0 Å². The van der Waals surface area contributed by atoms with E-state index in [2.05, 4.69) is 4.90 Å². The summed E-state index contributed by atoms with van der Waals surface area (Å²) in [7, 11) is 0. The van der Waals surface area contributed by atoms with Crippen LogP contribution in [0.25, 0.3) is 0 Å². The van der Waals surface area contributed by atoms with E-state index >= 15 is 0 Å². The van der Waals surface area contributed by atoms with E-state index in [1.54, 1.807) is 35.7 Å². The van der Waals surface area contributed by atoms with E-state index in [9.17, 15) is 9.59 Å². The second-order valence-corrected chi connectivity index (χ2v) is 7.66. The van der Waals surface area contributed by atoms with Crippen molar-refractivity contribution in [2.24, 2.45) is 0 Å². The smallest absolute Gasteiger partial charge is 0.246 e. The molecule has 2 aliphatic rings. The van der Waals surface area contributed by atoms with E-state index < -0.39 is 0 Å². The molecule has 132 valence electrons. The van der Waals surface area contributed by atoms with Crippen molar-refractivity contribution in [3.05, 3.63) is 41.0 Å². The van der Waals surface area contributed by atoms with Crippen molar-refractivity contribution in [3.8, 4) is 0 Å². The van der Waals surface area contributed by atoms with Crippen LogP contribution in [0.5, 0.6) is 0 Å². The van der Waals surface area contributed by atoms with Gasteiger partial charge in [-0.2, -0.15) is 11.3 Å². The molecule has 0 aliphatic carbocycles. The number of amides is 2. The number of anilines is 1. The quantitative estimate of drug-likeness (QED) is 0.843. The molecule has 2 amide bonds. The zero-order valence-corrected chi connectivity index (χ0v) is 15.0. The van der Waals surface area contributed by atoms with Crippen LogP contribution >= 0.6 is 11.3 Å². The average molecular weight is 359 g/mol. The zero-order chi connectivity index (χ0) is 17.4. The molecule has 6 nitrogen and oxygen atoms in total. The Hall–Kier alpha value is -2.12. The minimum absolute atomic E-state index is 0.00694. The van der Waals surface area contributed by atoms with Gasteiger partial charge in [0, 0.05) is 37.5 Å². The number of hydrogen-bond acceptors (Lipinski definition) is 5. The van der Waals surface area contributed by atoms with Crippen molar-refractivity contribution in [2.75, 3.05) is 31.1 Å². The number of carbonyl (C=O) groups excluding carboxylic acids is 2. The molecular formula is C18H21N3O3S. The van der Waals surface area contributed by atoms with Crippen molar-refractivity contribution in [3.63, 3.8) is 0 Å². The summed E-state index contributed by atoms with van der Waals surface area (Å²) in [4.78, 5) is 30.8.